The fraction of sp³-hybridized carbons (Fsp3) is 0.381. The van der Waals surface area contributed by atoms with Gasteiger partial charge in [0.1, 0.15) is 5.75 Å². The molecule has 1 aliphatic heterocycles. The summed E-state index contributed by atoms with van der Waals surface area (Å²) >= 11 is 0. The van der Waals surface area contributed by atoms with Crippen molar-refractivity contribution in [3.8, 4) is 5.75 Å². The number of hydrogen-bond donors (Lipinski definition) is 1. The first kappa shape index (κ1) is 18.3. The number of quaternary nitrogens is 1. The number of ether oxygens (including phenoxy) is 1. The van der Waals surface area contributed by atoms with Gasteiger partial charge in [-0.05, 0) is 31.2 Å². The van der Waals surface area contributed by atoms with Crippen LogP contribution in [0.15, 0.2) is 54.6 Å². The van der Waals surface area contributed by atoms with E-state index < -0.39 is 0 Å². The van der Waals surface area contributed by atoms with Crippen LogP contribution in [0.25, 0.3) is 0 Å². The van der Waals surface area contributed by atoms with Gasteiger partial charge in [-0.1, -0.05) is 24.3 Å². The van der Waals surface area contributed by atoms with Gasteiger partial charge in [0.15, 0.2) is 6.04 Å². The van der Waals surface area contributed by atoms with Crippen LogP contribution in [0.1, 0.15) is 6.92 Å². The molecule has 138 valence electrons. The second-order valence-corrected chi connectivity index (χ2v) is 6.80. The Morgan fingerprint density at radius 2 is 1.81 bits per heavy atom. The van der Waals surface area contributed by atoms with E-state index in [0.717, 1.165) is 37.6 Å². The van der Waals surface area contributed by atoms with Crippen molar-refractivity contribution in [2.45, 2.75) is 13.0 Å². The van der Waals surface area contributed by atoms with Crippen LogP contribution in [0.4, 0.5) is 11.4 Å². The molecule has 0 saturated carbocycles. The van der Waals surface area contributed by atoms with E-state index in [1.165, 1.54) is 10.6 Å². The molecule has 5 nitrogen and oxygen atoms in total. The zero-order valence-electron chi connectivity index (χ0n) is 15.8. The number of carbonyl (C=O) groups is 1. The lowest BCUT2D eigenvalue weighted by Crippen LogP contribution is -3.19. The largest absolute Gasteiger partial charge is 0.497 e. The molecule has 5 heteroatoms. The number of nitrogens with zero attached hydrogens (tertiary/aromatic N) is 2. The summed E-state index contributed by atoms with van der Waals surface area (Å²) in [5, 5.41) is 0. The lowest BCUT2D eigenvalue weighted by atomic mass is 10.1. The fourth-order valence-electron chi connectivity index (χ4n) is 3.54. The zero-order chi connectivity index (χ0) is 18.5. The summed E-state index contributed by atoms with van der Waals surface area (Å²) in [6, 6.07) is 18.0. The molecule has 2 aromatic carbocycles. The molecular formula is C21H28N3O2+. The number of methoxy groups -OCH3 is 1. The van der Waals surface area contributed by atoms with E-state index in [1.807, 2.05) is 56.4 Å². The van der Waals surface area contributed by atoms with Crippen molar-refractivity contribution in [3.05, 3.63) is 54.6 Å². The van der Waals surface area contributed by atoms with Gasteiger partial charge < -0.3 is 19.4 Å². The van der Waals surface area contributed by atoms with E-state index in [1.54, 1.807) is 12.0 Å². The third kappa shape index (κ3) is 3.99. The molecule has 0 aromatic heterocycles. The Morgan fingerprint density at radius 1 is 1.12 bits per heavy atom. The smallest absolute Gasteiger partial charge is 0.284 e. The highest BCUT2D eigenvalue weighted by Gasteiger charge is 2.31. The van der Waals surface area contributed by atoms with E-state index in [9.17, 15) is 4.79 Å². The summed E-state index contributed by atoms with van der Waals surface area (Å²) in [5.74, 6) is 1.05. The molecule has 1 heterocycles. The van der Waals surface area contributed by atoms with Gasteiger partial charge in [0.25, 0.3) is 5.91 Å². The van der Waals surface area contributed by atoms with Crippen molar-refractivity contribution < 1.29 is 14.4 Å². The zero-order valence-corrected chi connectivity index (χ0v) is 15.8. The van der Waals surface area contributed by atoms with E-state index in [2.05, 4.69) is 17.0 Å². The molecular weight excluding hydrogens is 326 g/mol. The lowest BCUT2D eigenvalue weighted by molar-refractivity contribution is -0.914. The predicted octanol–water partition coefficient (Wildman–Crippen LogP) is 1.45. The van der Waals surface area contributed by atoms with Crippen LogP contribution >= 0.6 is 0 Å². The normalized spacial score (nSPS) is 16.2. The molecule has 1 N–H and O–H groups in total. The topological polar surface area (TPSA) is 37.2 Å². The Balaban J connectivity index is 1.59. The second-order valence-electron chi connectivity index (χ2n) is 6.80. The summed E-state index contributed by atoms with van der Waals surface area (Å²) < 4.78 is 5.32. The van der Waals surface area contributed by atoms with E-state index in [-0.39, 0.29) is 11.9 Å². The number of amides is 1. The molecule has 26 heavy (non-hydrogen) atoms. The van der Waals surface area contributed by atoms with Crippen molar-refractivity contribution in [1.29, 1.82) is 0 Å². The third-order valence-electron chi connectivity index (χ3n) is 5.28. The molecule has 2 aromatic rings. The van der Waals surface area contributed by atoms with Gasteiger partial charge in [-0.15, -0.1) is 0 Å². The Hall–Kier alpha value is -2.53. The third-order valence-corrected chi connectivity index (χ3v) is 5.28. The molecule has 0 radical (unpaired) electrons. The van der Waals surface area contributed by atoms with Gasteiger partial charge in [-0.25, -0.2) is 0 Å². The predicted molar refractivity (Wildman–Crippen MR) is 105 cm³/mol. The number of rotatable bonds is 5. The number of carbonyl (C=O) groups excluding carboxylic acids is 1. The number of hydrogen-bond acceptors (Lipinski definition) is 3. The SMILES string of the molecule is COc1cccc(N2CC[NH+]([C@@H](C)C(=O)N(C)c3ccccc3)CC2)c1. The van der Waals surface area contributed by atoms with Gasteiger partial charge in [0.2, 0.25) is 0 Å². The average molecular weight is 354 g/mol. The van der Waals surface area contributed by atoms with Gasteiger partial charge in [0, 0.05) is 24.5 Å². The van der Waals surface area contributed by atoms with Gasteiger partial charge in [-0.3, -0.25) is 4.79 Å². The quantitative estimate of drug-likeness (QED) is 0.883. The highest BCUT2D eigenvalue weighted by Crippen LogP contribution is 2.20. The van der Waals surface area contributed by atoms with Crippen molar-refractivity contribution >= 4 is 17.3 Å². The molecule has 1 aliphatic rings. The van der Waals surface area contributed by atoms with E-state index in [4.69, 9.17) is 4.74 Å². The molecule has 1 fully saturated rings. The summed E-state index contributed by atoms with van der Waals surface area (Å²) in [7, 11) is 3.55. The lowest BCUT2D eigenvalue weighted by Gasteiger charge is -2.37. The van der Waals surface area contributed by atoms with Crippen LogP contribution in [-0.4, -0.2) is 52.3 Å². The maximum atomic E-state index is 12.9. The van der Waals surface area contributed by atoms with Crippen molar-refractivity contribution in [2.24, 2.45) is 0 Å². The van der Waals surface area contributed by atoms with Gasteiger partial charge in [0.05, 0.1) is 33.3 Å². The fourth-order valence-corrected chi connectivity index (χ4v) is 3.54. The minimum atomic E-state index is -0.0485. The molecule has 0 aliphatic carbocycles. The molecule has 0 spiro atoms. The van der Waals surface area contributed by atoms with Crippen LogP contribution < -0.4 is 19.4 Å². The van der Waals surface area contributed by atoms with Crippen LogP contribution in [0, 0.1) is 0 Å². The van der Waals surface area contributed by atoms with Crippen molar-refractivity contribution in [3.63, 3.8) is 0 Å². The van der Waals surface area contributed by atoms with Crippen molar-refractivity contribution in [2.75, 3.05) is 50.1 Å². The molecule has 0 unspecified atom stereocenters. The summed E-state index contributed by atoms with van der Waals surface area (Å²) in [6.45, 7) is 5.82. The number of benzene rings is 2. The summed E-state index contributed by atoms with van der Waals surface area (Å²) in [5.41, 5.74) is 2.13. The maximum absolute atomic E-state index is 12.9. The number of anilines is 2. The minimum absolute atomic E-state index is 0.0485. The number of likely N-dealkylation sites (N-methyl/N-ethyl adjacent to an activating group) is 1. The first-order valence-electron chi connectivity index (χ1n) is 9.16. The first-order chi connectivity index (χ1) is 12.6. The maximum Gasteiger partial charge on any atom is 0.284 e. The minimum Gasteiger partial charge on any atom is -0.497 e. The van der Waals surface area contributed by atoms with Crippen LogP contribution in [0.5, 0.6) is 5.75 Å². The van der Waals surface area contributed by atoms with Crippen molar-refractivity contribution in [1.82, 2.24) is 0 Å². The number of nitrogens with one attached hydrogen (secondary N) is 1. The van der Waals surface area contributed by atoms with E-state index >= 15 is 0 Å². The van der Waals surface area contributed by atoms with Gasteiger partial charge >= 0.3 is 0 Å². The summed E-state index contributed by atoms with van der Waals surface area (Å²) in [6.07, 6.45) is 0. The Bertz CT molecular complexity index is 727. The molecule has 1 amide bonds. The van der Waals surface area contributed by atoms with Gasteiger partial charge in [-0.2, -0.15) is 0 Å². The second kappa shape index (κ2) is 8.23. The van der Waals surface area contributed by atoms with E-state index in [0.29, 0.717) is 0 Å². The number of piperazine rings is 1. The molecule has 1 atom stereocenters. The molecule has 0 bridgehead atoms. The highest BCUT2D eigenvalue weighted by atomic mass is 16.5. The monoisotopic (exact) mass is 354 g/mol. The van der Waals surface area contributed by atoms with Crippen LogP contribution in [-0.2, 0) is 4.79 Å². The number of para-hydroxylation sites is 1. The molecule has 1 saturated heterocycles. The average Bonchev–Trinajstić information content (AvgIpc) is 2.73. The molecule has 3 rings (SSSR count). The van der Waals surface area contributed by atoms with Crippen LogP contribution in [0.3, 0.4) is 0 Å². The summed E-state index contributed by atoms with van der Waals surface area (Å²) in [4.78, 5) is 18.3. The van der Waals surface area contributed by atoms with Crippen LogP contribution in [0.2, 0.25) is 0 Å². The Labute approximate surface area is 155 Å². The standard InChI is InChI=1S/C21H27N3O2/c1-17(21(25)22(2)18-8-5-4-6-9-18)23-12-14-24(15-13-23)19-10-7-11-20(16-19)26-3/h4-11,16-17H,12-15H2,1-3H3/p+1/t17-/m0/s1. The Kier molecular flexibility index (Phi) is 5.78. The Morgan fingerprint density at radius 3 is 2.46 bits per heavy atom. The first-order valence-corrected chi connectivity index (χ1v) is 9.16. The highest BCUT2D eigenvalue weighted by molar-refractivity contribution is 5.95.